The Balaban J connectivity index is 2.81. The molecule has 0 saturated heterocycles. The maximum absolute atomic E-state index is 10.9. The van der Waals surface area contributed by atoms with Gasteiger partial charge in [-0.05, 0) is 24.7 Å². The lowest BCUT2D eigenvalue weighted by Gasteiger charge is -2.29. The van der Waals surface area contributed by atoms with Gasteiger partial charge in [0.25, 0.3) is 0 Å². The molecule has 3 N–H and O–H groups in total. The van der Waals surface area contributed by atoms with E-state index in [1.165, 1.54) is 0 Å². The summed E-state index contributed by atoms with van der Waals surface area (Å²) in [4.78, 5) is 10.9. The average Bonchev–Trinajstić information content (AvgIpc) is 2.32. The van der Waals surface area contributed by atoms with E-state index in [-0.39, 0.29) is 5.92 Å². The molecule has 3 heteroatoms. The lowest BCUT2D eigenvalue weighted by Crippen LogP contribution is -2.52. The first kappa shape index (κ1) is 9.52. The summed E-state index contributed by atoms with van der Waals surface area (Å²) in [6.45, 7) is 4.08. The molecule has 0 bridgehead atoms. The van der Waals surface area contributed by atoms with Crippen molar-refractivity contribution < 1.29 is 9.90 Å². The molecule has 0 aromatic carbocycles. The van der Waals surface area contributed by atoms with Crippen LogP contribution in [-0.4, -0.2) is 16.6 Å². The molecule has 70 valence electrons. The standard InChI is InChI=1S/C9H17NO2/c1-6(2)7-4-3-5-9(7,10)8(11)12/h6-7H,3-5,10H2,1-2H3,(H,11,12)/t7-,9+/m1/s1. The maximum Gasteiger partial charge on any atom is 0.323 e. The van der Waals surface area contributed by atoms with Crippen LogP contribution in [0.5, 0.6) is 0 Å². The van der Waals surface area contributed by atoms with Gasteiger partial charge in [-0.2, -0.15) is 0 Å². The number of nitrogens with two attached hydrogens (primary N) is 1. The molecule has 1 aliphatic rings. The van der Waals surface area contributed by atoms with E-state index in [1.54, 1.807) is 0 Å². The topological polar surface area (TPSA) is 63.3 Å². The number of rotatable bonds is 2. The Kier molecular flexibility index (Phi) is 2.42. The van der Waals surface area contributed by atoms with Gasteiger partial charge in [-0.3, -0.25) is 4.79 Å². The smallest absolute Gasteiger partial charge is 0.323 e. The van der Waals surface area contributed by atoms with Crippen LogP contribution in [-0.2, 0) is 4.79 Å². The number of carboxylic acid groups (broad SMARTS) is 1. The third-order valence-corrected chi connectivity index (χ3v) is 2.97. The Hall–Kier alpha value is -0.570. The molecule has 1 rings (SSSR count). The molecule has 0 aliphatic heterocycles. The molecule has 1 saturated carbocycles. The third-order valence-electron chi connectivity index (χ3n) is 2.97. The highest BCUT2D eigenvalue weighted by molar-refractivity contribution is 5.79. The predicted molar refractivity (Wildman–Crippen MR) is 46.7 cm³/mol. The second-order valence-electron chi connectivity index (χ2n) is 4.09. The van der Waals surface area contributed by atoms with E-state index in [1.807, 2.05) is 13.8 Å². The fourth-order valence-corrected chi connectivity index (χ4v) is 2.25. The van der Waals surface area contributed by atoms with E-state index >= 15 is 0 Å². The van der Waals surface area contributed by atoms with Gasteiger partial charge in [0.2, 0.25) is 0 Å². The largest absolute Gasteiger partial charge is 0.480 e. The van der Waals surface area contributed by atoms with E-state index in [2.05, 4.69) is 0 Å². The second-order valence-corrected chi connectivity index (χ2v) is 4.09. The maximum atomic E-state index is 10.9. The molecule has 0 aromatic rings. The van der Waals surface area contributed by atoms with Crippen LogP contribution in [0.4, 0.5) is 0 Å². The molecule has 3 nitrogen and oxygen atoms in total. The molecular formula is C9H17NO2. The van der Waals surface area contributed by atoms with Crippen molar-refractivity contribution in [1.82, 2.24) is 0 Å². The van der Waals surface area contributed by atoms with Crippen LogP contribution < -0.4 is 5.73 Å². The van der Waals surface area contributed by atoms with Crippen LogP contribution in [0.25, 0.3) is 0 Å². The van der Waals surface area contributed by atoms with Gasteiger partial charge in [-0.25, -0.2) is 0 Å². The molecule has 0 radical (unpaired) electrons. The summed E-state index contributed by atoms with van der Waals surface area (Å²) in [7, 11) is 0. The Labute approximate surface area is 72.9 Å². The SMILES string of the molecule is CC(C)[C@H]1CCC[C@@]1(N)C(=O)O. The van der Waals surface area contributed by atoms with Gasteiger partial charge >= 0.3 is 5.97 Å². The summed E-state index contributed by atoms with van der Waals surface area (Å²) in [5, 5.41) is 8.97. The number of carbonyl (C=O) groups is 1. The minimum Gasteiger partial charge on any atom is -0.480 e. The Morgan fingerprint density at radius 3 is 2.58 bits per heavy atom. The Morgan fingerprint density at radius 2 is 2.25 bits per heavy atom. The highest BCUT2D eigenvalue weighted by Gasteiger charge is 2.46. The van der Waals surface area contributed by atoms with E-state index in [0.29, 0.717) is 12.3 Å². The number of hydrogen-bond acceptors (Lipinski definition) is 2. The molecular weight excluding hydrogens is 154 g/mol. The number of carboxylic acids is 1. The van der Waals surface area contributed by atoms with Crippen molar-refractivity contribution in [2.24, 2.45) is 17.6 Å². The fraction of sp³-hybridized carbons (Fsp3) is 0.889. The second kappa shape index (κ2) is 3.05. The van der Waals surface area contributed by atoms with Gasteiger partial charge in [-0.15, -0.1) is 0 Å². The van der Waals surface area contributed by atoms with Gasteiger partial charge in [0.1, 0.15) is 5.54 Å². The lowest BCUT2D eigenvalue weighted by atomic mass is 9.80. The van der Waals surface area contributed by atoms with Crippen molar-refractivity contribution in [3.05, 3.63) is 0 Å². The summed E-state index contributed by atoms with van der Waals surface area (Å²) in [5.41, 5.74) is 4.90. The monoisotopic (exact) mass is 171 g/mol. The predicted octanol–water partition coefficient (Wildman–Crippen LogP) is 1.22. The minimum atomic E-state index is -0.950. The zero-order valence-corrected chi connectivity index (χ0v) is 7.71. The van der Waals surface area contributed by atoms with Crippen molar-refractivity contribution >= 4 is 5.97 Å². The summed E-state index contributed by atoms with van der Waals surface area (Å²) in [5.74, 6) is -0.317. The first-order valence-electron chi connectivity index (χ1n) is 4.50. The van der Waals surface area contributed by atoms with Crippen molar-refractivity contribution in [2.75, 3.05) is 0 Å². The number of aliphatic carboxylic acids is 1. The molecule has 0 amide bonds. The van der Waals surface area contributed by atoms with Crippen LogP contribution >= 0.6 is 0 Å². The molecule has 1 aliphatic carbocycles. The van der Waals surface area contributed by atoms with Gasteiger partial charge in [0, 0.05) is 0 Å². The van der Waals surface area contributed by atoms with Gasteiger partial charge in [0.05, 0.1) is 0 Å². The quantitative estimate of drug-likeness (QED) is 0.656. The first-order valence-corrected chi connectivity index (χ1v) is 4.50. The van der Waals surface area contributed by atoms with Crippen LogP contribution in [0.2, 0.25) is 0 Å². The summed E-state index contributed by atoms with van der Waals surface area (Å²) < 4.78 is 0. The van der Waals surface area contributed by atoms with Crippen LogP contribution in [0, 0.1) is 11.8 Å². The van der Waals surface area contributed by atoms with E-state index in [9.17, 15) is 4.79 Å². The van der Waals surface area contributed by atoms with Crippen molar-refractivity contribution in [3.63, 3.8) is 0 Å². The van der Waals surface area contributed by atoms with Gasteiger partial charge < -0.3 is 10.8 Å². The zero-order chi connectivity index (χ0) is 9.35. The molecule has 2 atom stereocenters. The molecule has 0 spiro atoms. The Morgan fingerprint density at radius 1 is 1.67 bits per heavy atom. The third kappa shape index (κ3) is 1.33. The average molecular weight is 171 g/mol. The highest BCUT2D eigenvalue weighted by Crippen LogP contribution is 2.38. The van der Waals surface area contributed by atoms with Crippen molar-refractivity contribution in [1.29, 1.82) is 0 Å². The van der Waals surface area contributed by atoms with Crippen LogP contribution in [0.3, 0.4) is 0 Å². The zero-order valence-electron chi connectivity index (χ0n) is 7.71. The molecule has 1 fully saturated rings. The summed E-state index contributed by atoms with van der Waals surface area (Å²) in [6, 6.07) is 0. The molecule has 0 aromatic heterocycles. The van der Waals surface area contributed by atoms with Gasteiger partial charge in [-0.1, -0.05) is 20.3 Å². The van der Waals surface area contributed by atoms with E-state index in [0.717, 1.165) is 12.8 Å². The van der Waals surface area contributed by atoms with Crippen molar-refractivity contribution in [2.45, 2.75) is 38.6 Å². The lowest BCUT2D eigenvalue weighted by molar-refractivity contribution is -0.145. The number of hydrogen-bond donors (Lipinski definition) is 2. The molecule has 0 unspecified atom stereocenters. The van der Waals surface area contributed by atoms with E-state index in [4.69, 9.17) is 10.8 Å². The summed E-state index contributed by atoms with van der Waals surface area (Å²) in [6.07, 6.45) is 2.54. The van der Waals surface area contributed by atoms with Crippen molar-refractivity contribution in [3.8, 4) is 0 Å². The normalized spacial score (nSPS) is 35.8. The highest BCUT2D eigenvalue weighted by atomic mass is 16.4. The van der Waals surface area contributed by atoms with Gasteiger partial charge in [0.15, 0.2) is 0 Å². The van der Waals surface area contributed by atoms with E-state index < -0.39 is 11.5 Å². The first-order chi connectivity index (χ1) is 5.48. The minimum absolute atomic E-state index is 0.148. The summed E-state index contributed by atoms with van der Waals surface area (Å²) >= 11 is 0. The Bertz CT molecular complexity index is 191. The van der Waals surface area contributed by atoms with Crippen LogP contribution in [0.15, 0.2) is 0 Å². The van der Waals surface area contributed by atoms with Crippen LogP contribution in [0.1, 0.15) is 33.1 Å². The molecule has 0 heterocycles. The fourth-order valence-electron chi connectivity index (χ4n) is 2.25. The molecule has 12 heavy (non-hydrogen) atoms.